The second-order valence-electron chi connectivity index (χ2n) is 7.42. The van der Waals surface area contributed by atoms with Gasteiger partial charge in [-0.15, -0.1) is 0 Å². The molecule has 1 amide bonds. The molecule has 7 nitrogen and oxygen atoms in total. The monoisotopic (exact) mass is 393 g/mol. The van der Waals surface area contributed by atoms with E-state index in [1.807, 2.05) is 11.0 Å². The molecule has 0 atom stereocenters. The molecule has 1 aromatic carbocycles. The number of carbonyl (C=O) groups excluding carboxylic acids is 2. The number of hydrogen-bond donors (Lipinski definition) is 0. The molecule has 29 heavy (non-hydrogen) atoms. The molecule has 0 saturated carbocycles. The number of fused-ring (bicyclic) bond motifs is 3. The molecule has 2 aromatic heterocycles. The minimum atomic E-state index is -0.251. The lowest BCUT2D eigenvalue weighted by atomic mass is 9.96. The van der Waals surface area contributed by atoms with E-state index in [2.05, 4.69) is 10.1 Å². The molecule has 3 aromatic rings. The van der Waals surface area contributed by atoms with Gasteiger partial charge in [-0.3, -0.25) is 9.59 Å². The molecule has 8 heteroatoms. The summed E-state index contributed by atoms with van der Waals surface area (Å²) in [5.74, 6) is -0.311. The van der Waals surface area contributed by atoms with E-state index in [0.29, 0.717) is 55.1 Å². The molecule has 3 heterocycles. The number of anilines is 1. The van der Waals surface area contributed by atoms with E-state index in [1.165, 1.54) is 12.3 Å². The Morgan fingerprint density at radius 1 is 1.03 bits per heavy atom. The largest absolute Gasteiger partial charge is 0.366 e. The first-order valence-electron chi connectivity index (χ1n) is 9.81. The predicted octanol–water partition coefficient (Wildman–Crippen LogP) is 2.35. The number of halogens is 1. The van der Waals surface area contributed by atoms with E-state index >= 15 is 0 Å². The second-order valence-corrected chi connectivity index (χ2v) is 7.42. The quantitative estimate of drug-likeness (QED) is 0.668. The van der Waals surface area contributed by atoms with Crippen LogP contribution < -0.4 is 4.90 Å². The summed E-state index contributed by atoms with van der Waals surface area (Å²) in [4.78, 5) is 33.3. The summed E-state index contributed by atoms with van der Waals surface area (Å²) in [7, 11) is 0. The van der Waals surface area contributed by atoms with Crippen molar-refractivity contribution in [2.24, 2.45) is 0 Å². The first kappa shape index (κ1) is 17.8. The van der Waals surface area contributed by atoms with Crippen molar-refractivity contribution in [1.29, 1.82) is 0 Å². The number of amides is 1. The highest BCUT2D eigenvalue weighted by atomic mass is 19.1. The van der Waals surface area contributed by atoms with Gasteiger partial charge in [-0.1, -0.05) is 12.1 Å². The number of ketones is 1. The van der Waals surface area contributed by atoms with Crippen molar-refractivity contribution in [1.82, 2.24) is 19.5 Å². The maximum Gasteiger partial charge on any atom is 0.259 e. The van der Waals surface area contributed by atoms with Gasteiger partial charge < -0.3 is 9.80 Å². The molecule has 1 saturated heterocycles. The average Bonchev–Trinajstić information content (AvgIpc) is 3.19. The van der Waals surface area contributed by atoms with E-state index in [0.717, 1.165) is 18.5 Å². The van der Waals surface area contributed by atoms with Gasteiger partial charge in [0.2, 0.25) is 0 Å². The Kier molecular flexibility index (Phi) is 4.26. The van der Waals surface area contributed by atoms with Crippen molar-refractivity contribution in [2.45, 2.75) is 19.3 Å². The summed E-state index contributed by atoms with van der Waals surface area (Å²) in [5.41, 5.74) is 2.91. The van der Waals surface area contributed by atoms with Crippen molar-refractivity contribution < 1.29 is 14.0 Å². The highest BCUT2D eigenvalue weighted by Gasteiger charge is 2.28. The van der Waals surface area contributed by atoms with Crippen molar-refractivity contribution in [3.8, 4) is 0 Å². The third-order valence-electron chi connectivity index (χ3n) is 5.73. The van der Waals surface area contributed by atoms with Gasteiger partial charge in [0.15, 0.2) is 11.4 Å². The Bertz CT molecular complexity index is 1120. The van der Waals surface area contributed by atoms with Crippen LogP contribution in [0.25, 0.3) is 5.65 Å². The minimum Gasteiger partial charge on any atom is -0.366 e. The molecule has 1 aliphatic heterocycles. The lowest BCUT2D eigenvalue weighted by molar-refractivity contribution is 0.0748. The Hall–Kier alpha value is -3.29. The SMILES string of the molecule is O=C1CCCc2c1cnc1c(C(=O)N3CCN(c4ccccc4F)CC3)cnn21. The average molecular weight is 393 g/mol. The Morgan fingerprint density at radius 3 is 2.62 bits per heavy atom. The number of nitrogens with zero attached hydrogens (tertiary/aromatic N) is 5. The zero-order valence-corrected chi connectivity index (χ0v) is 15.8. The van der Waals surface area contributed by atoms with Gasteiger partial charge in [-0.05, 0) is 25.0 Å². The second kappa shape index (κ2) is 6.95. The maximum atomic E-state index is 14.0. The topological polar surface area (TPSA) is 70.8 Å². The van der Waals surface area contributed by atoms with E-state index in [1.54, 1.807) is 27.7 Å². The third kappa shape index (κ3) is 2.95. The van der Waals surface area contributed by atoms with Crippen LogP contribution in [0.15, 0.2) is 36.7 Å². The lowest BCUT2D eigenvalue weighted by Gasteiger charge is -2.36. The fourth-order valence-corrected chi connectivity index (χ4v) is 4.18. The van der Waals surface area contributed by atoms with Crippen LogP contribution in [0.1, 0.15) is 39.3 Å². The summed E-state index contributed by atoms with van der Waals surface area (Å²) in [5, 5.41) is 4.35. The summed E-state index contributed by atoms with van der Waals surface area (Å²) < 4.78 is 15.7. The molecule has 0 radical (unpaired) electrons. The van der Waals surface area contributed by atoms with Crippen molar-refractivity contribution in [3.63, 3.8) is 0 Å². The number of aromatic nitrogens is 3. The molecule has 0 N–H and O–H groups in total. The van der Waals surface area contributed by atoms with Crippen molar-refractivity contribution >= 4 is 23.0 Å². The summed E-state index contributed by atoms with van der Waals surface area (Å²) in [6.07, 6.45) is 5.16. The molecule has 1 aliphatic carbocycles. The molecule has 1 fully saturated rings. The zero-order valence-electron chi connectivity index (χ0n) is 15.8. The maximum absolute atomic E-state index is 14.0. The van der Waals surface area contributed by atoms with Crippen LogP contribution in [0, 0.1) is 5.82 Å². The van der Waals surface area contributed by atoms with Gasteiger partial charge in [0.1, 0.15) is 11.4 Å². The number of hydrogen-bond acceptors (Lipinski definition) is 5. The fourth-order valence-electron chi connectivity index (χ4n) is 4.18. The Morgan fingerprint density at radius 2 is 1.83 bits per heavy atom. The van der Waals surface area contributed by atoms with E-state index in [4.69, 9.17) is 0 Å². The number of benzene rings is 1. The fraction of sp³-hybridized carbons (Fsp3) is 0.333. The van der Waals surface area contributed by atoms with Gasteiger partial charge in [0.05, 0.1) is 23.1 Å². The van der Waals surface area contributed by atoms with Crippen LogP contribution >= 0.6 is 0 Å². The third-order valence-corrected chi connectivity index (χ3v) is 5.73. The minimum absolute atomic E-state index is 0.0771. The summed E-state index contributed by atoms with van der Waals surface area (Å²) in [6.45, 7) is 2.11. The lowest BCUT2D eigenvalue weighted by Crippen LogP contribution is -2.49. The molecular formula is C21H20FN5O2. The number of carbonyl (C=O) groups is 2. The molecular weight excluding hydrogens is 373 g/mol. The molecule has 0 unspecified atom stereocenters. The number of Topliss-reactive ketones (excluding diaryl/α,β-unsaturated/α-hetero) is 1. The zero-order chi connectivity index (χ0) is 20.0. The number of aryl methyl sites for hydroxylation is 1. The molecule has 2 aliphatic rings. The van der Waals surface area contributed by atoms with Gasteiger partial charge in [-0.2, -0.15) is 5.10 Å². The smallest absolute Gasteiger partial charge is 0.259 e. The first-order valence-corrected chi connectivity index (χ1v) is 9.81. The molecule has 148 valence electrons. The van der Waals surface area contributed by atoms with Crippen LogP contribution in [-0.4, -0.2) is 57.4 Å². The predicted molar refractivity (Wildman–Crippen MR) is 105 cm³/mol. The van der Waals surface area contributed by atoms with Crippen molar-refractivity contribution in [3.05, 3.63) is 59.3 Å². The van der Waals surface area contributed by atoms with E-state index in [9.17, 15) is 14.0 Å². The van der Waals surface area contributed by atoms with Gasteiger partial charge in [-0.25, -0.2) is 13.9 Å². The molecule has 5 rings (SSSR count). The number of para-hydroxylation sites is 1. The number of rotatable bonds is 2. The highest BCUT2D eigenvalue weighted by molar-refractivity contribution is 6.01. The molecule has 0 spiro atoms. The van der Waals surface area contributed by atoms with Gasteiger partial charge >= 0.3 is 0 Å². The van der Waals surface area contributed by atoms with Crippen LogP contribution in [0.2, 0.25) is 0 Å². The van der Waals surface area contributed by atoms with Crippen molar-refractivity contribution in [2.75, 3.05) is 31.1 Å². The Labute approximate surface area is 166 Å². The van der Waals surface area contributed by atoms with Gasteiger partial charge in [0, 0.05) is 38.8 Å². The van der Waals surface area contributed by atoms with Crippen LogP contribution in [0.4, 0.5) is 10.1 Å². The van der Waals surface area contributed by atoms with Crippen LogP contribution in [0.5, 0.6) is 0 Å². The van der Waals surface area contributed by atoms with Crippen LogP contribution in [-0.2, 0) is 6.42 Å². The van der Waals surface area contributed by atoms with E-state index < -0.39 is 0 Å². The first-order chi connectivity index (χ1) is 14.1. The summed E-state index contributed by atoms with van der Waals surface area (Å²) >= 11 is 0. The highest BCUT2D eigenvalue weighted by Crippen LogP contribution is 2.24. The van der Waals surface area contributed by atoms with E-state index in [-0.39, 0.29) is 17.5 Å². The summed E-state index contributed by atoms with van der Waals surface area (Å²) in [6, 6.07) is 6.69. The standard InChI is InChI=1S/C21H20FN5O2/c22-16-4-1-2-5-18(16)25-8-10-26(11-9-25)21(29)15-13-24-27-17-6-3-7-19(28)14(17)12-23-20(15)27/h1-2,4-5,12-13H,3,6-11H2. The number of piperazine rings is 1. The van der Waals surface area contributed by atoms with Crippen LogP contribution in [0.3, 0.4) is 0 Å². The Balaban J connectivity index is 1.37. The molecule has 0 bridgehead atoms. The normalized spacial score (nSPS) is 16.9. The van der Waals surface area contributed by atoms with Gasteiger partial charge in [0.25, 0.3) is 5.91 Å².